The van der Waals surface area contributed by atoms with Gasteiger partial charge in [0.15, 0.2) is 6.19 Å². The number of methoxy groups -OCH3 is 1. The number of fused-ring (bicyclic) bond motifs is 1. The third kappa shape index (κ3) is 3.03. The highest BCUT2D eigenvalue weighted by molar-refractivity contribution is 7.17. The molecule has 0 saturated carbocycles. The highest BCUT2D eigenvalue weighted by atomic mass is 32.1. The lowest BCUT2D eigenvalue weighted by Gasteiger charge is -2.22. The summed E-state index contributed by atoms with van der Waals surface area (Å²) in [5.74, 6) is -0.0221. The fraction of sp³-hybridized carbons (Fsp3) is 0.368. The van der Waals surface area contributed by atoms with E-state index in [9.17, 15) is 10.1 Å². The van der Waals surface area contributed by atoms with Crippen LogP contribution in [0.25, 0.3) is 10.6 Å². The molecule has 2 atom stereocenters. The summed E-state index contributed by atoms with van der Waals surface area (Å²) in [5, 5.41) is 19.1. The van der Waals surface area contributed by atoms with E-state index in [0.29, 0.717) is 30.1 Å². The molecule has 0 N–H and O–H groups in total. The summed E-state index contributed by atoms with van der Waals surface area (Å²) < 4.78 is 5.20. The van der Waals surface area contributed by atoms with Gasteiger partial charge in [0.05, 0.1) is 42.6 Å². The minimum Gasteiger partial charge on any atom is -0.383 e. The number of carbonyl (C=O) groups is 1. The fourth-order valence-corrected chi connectivity index (χ4v) is 4.75. The molecule has 4 rings (SSSR count). The van der Waals surface area contributed by atoms with Gasteiger partial charge < -0.3 is 14.5 Å². The predicted octanol–water partition coefficient (Wildman–Crippen LogP) is 2.21. The second-order valence-electron chi connectivity index (χ2n) is 6.67. The van der Waals surface area contributed by atoms with E-state index < -0.39 is 0 Å². The molecule has 2 aliphatic rings. The maximum atomic E-state index is 12.9. The van der Waals surface area contributed by atoms with Gasteiger partial charge in [-0.1, -0.05) is 12.1 Å². The maximum Gasteiger partial charge on any atom is 0.266 e. The molecule has 136 valence electrons. The summed E-state index contributed by atoms with van der Waals surface area (Å²) in [6.45, 7) is 1.47. The van der Waals surface area contributed by atoms with Gasteiger partial charge in [0.25, 0.3) is 5.91 Å². The van der Waals surface area contributed by atoms with Crippen LogP contribution < -0.4 is 0 Å². The van der Waals surface area contributed by atoms with Gasteiger partial charge in [-0.05, 0) is 18.6 Å². The molecule has 0 bridgehead atoms. The topological polar surface area (TPSA) is 93.2 Å². The molecule has 0 radical (unpaired) electrons. The summed E-state index contributed by atoms with van der Waals surface area (Å²) >= 11 is 1.37. The lowest BCUT2D eigenvalue weighted by molar-refractivity contribution is 0.0712. The van der Waals surface area contributed by atoms with Crippen molar-refractivity contribution in [2.24, 2.45) is 0 Å². The number of hydrogen-bond donors (Lipinski definition) is 0. The molecule has 1 saturated heterocycles. The second kappa shape index (κ2) is 6.99. The van der Waals surface area contributed by atoms with Crippen LogP contribution in [0.15, 0.2) is 24.3 Å². The lowest BCUT2D eigenvalue weighted by atomic mass is 10.1. The number of likely N-dealkylation sites (tertiary alicyclic amines) is 1. The van der Waals surface area contributed by atoms with E-state index in [0.717, 1.165) is 22.7 Å². The van der Waals surface area contributed by atoms with E-state index >= 15 is 0 Å². The zero-order chi connectivity index (χ0) is 19.0. The minimum absolute atomic E-state index is 0.00803. The van der Waals surface area contributed by atoms with Crippen molar-refractivity contribution in [2.75, 3.05) is 20.3 Å². The Morgan fingerprint density at radius 1 is 1.41 bits per heavy atom. The summed E-state index contributed by atoms with van der Waals surface area (Å²) in [7, 11) is 1.62. The van der Waals surface area contributed by atoms with Gasteiger partial charge in [-0.3, -0.25) is 4.79 Å². The molecule has 0 unspecified atom stereocenters. The van der Waals surface area contributed by atoms with Crippen molar-refractivity contribution < 1.29 is 9.53 Å². The molecule has 3 heterocycles. The second-order valence-corrected chi connectivity index (χ2v) is 7.67. The van der Waals surface area contributed by atoms with Crippen molar-refractivity contribution >= 4 is 17.2 Å². The van der Waals surface area contributed by atoms with Gasteiger partial charge in [0.2, 0.25) is 0 Å². The van der Waals surface area contributed by atoms with Crippen molar-refractivity contribution in [2.45, 2.75) is 25.0 Å². The quantitative estimate of drug-likeness (QED) is 0.756. The minimum atomic E-state index is -0.0221. The van der Waals surface area contributed by atoms with Crippen LogP contribution in [0.3, 0.4) is 0 Å². The number of aromatic nitrogens is 1. The van der Waals surface area contributed by atoms with Crippen LogP contribution in [-0.2, 0) is 11.3 Å². The summed E-state index contributed by atoms with van der Waals surface area (Å²) in [6.07, 6.45) is 2.92. The average molecular weight is 379 g/mol. The van der Waals surface area contributed by atoms with Crippen LogP contribution in [0.5, 0.6) is 0 Å². The number of benzene rings is 1. The van der Waals surface area contributed by atoms with Crippen molar-refractivity contribution in [3.05, 3.63) is 40.4 Å². The maximum absolute atomic E-state index is 12.9. The Kier molecular flexibility index (Phi) is 4.53. The first-order chi connectivity index (χ1) is 13.1. The first kappa shape index (κ1) is 17.5. The van der Waals surface area contributed by atoms with E-state index in [4.69, 9.17) is 10.00 Å². The van der Waals surface area contributed by atoms with E-state index in [1.165, 1.54) is 11.3 Å². The highest BCUT2D eigenvalue weighted by Gasteiger charge is 2.42. The van der Waals surface area contributed by atoms with Crippen LogP contribution in [-0.4, -0.2) is 53.0 Å². The Labute approximate surface area is 161 Å². The molecule has 7 nitrogen and oxygen atoms in total. The van der Waals surface area contributed by atoms with Gasteiger partial charge in [0, 0.05) is 19.2 Å². The van der Waals surface area contributed by atoms with Gasteiger partial charge in [-0.2, -0.15) is 10.5 Å². The summed E-state index contributed by atoms with van der Waals surface area (Å²) in [4.78, 5) is 21.7. The number of rotatable bonds is 4. The first-order valence-electron chi connectivity index (χ1n) is 8.61. The molecule has 2 aliphatic heterocycles. The number of ether oxygens (including phenoxy) is 1. The molecule has 8 heteroatoms. The van der Waals surface area contributed by atoms with E-state index in [1.54, 1.807) is 24.1 Å². The molecule has 27 heavy (non-hydrogen) atoms. The normalized spacial score (nSPS) is 21.2. The molecule has 1 aromatic heterocycles. The Balaban J connectivity index is 1.54. The van der Waals surface area contributed by atoms with Crippen LogP contribution >= 0.6 is 11.3 Å². The van der Waals surface area contributed by atoms with Gasteiger partial charge in [-0.25, -0.2) is 4.98 Å². The van der Waals surface area contributed by atoms with Crippen molar-refractivity contribution in [3.63, 3.8) is 0 Å². The summed E-state index contributed by atoms with van der Waals surface area (Å²) in [6, 6.07) is 9.37. The number of thiazole rings is 1. The monoisotopic (exact) mass is 379 g/mol. The van der Waals surface area contributed by atoms with E-state index in [2.05, 4.69) is 17.2 Å². The van der Waals surface area contributed by atoms with Crippen LogP contribution in [0.1, 0.15) is 27.3 Å². The predicted molar refractivity (Wildman–Crippen MR) is 98.5 cm³/mol. The smallest absolute Gasteiger partial charge is 0.266 e. The molecule has 0 aliphatic carbocycles. The zero-order valence-corrected chi connectivity index (χ0v) is 15.6. The van der Waals surface area contributed by atoms with Crippen LogP contribution in [0.2, 0.25) is 0 Å². The molecule has 0 spiro atoms. The Morgan fingerprint density at radius 2 is 2.26 bits per heavy atom. The van der Waals surface area contributed by atoms with Crippen LogP contribution in [0.4, 0.5) is 0 Å². The van der Waals surface area contributed by atoms with Crippen molar-refractivity contribution in [3.8, 4) is 22.8 Å². The Hall–Kier alpha value is -2.94. The Morgan fingerprint density at radius 3 is 2.96 bits per heavy atom. The van der Waals surface area contributed by atoms with Crippen molar-refractivity contribution in [1.82, 2.24) is 14.8 Å². The third-order valence-electron chi connectivity index (χ3n) is 5.03. The average Bonchev–Trinajstić information content (AvgIpc) is 3.36. The summed E-state index contributed by atoms with van der Waals surface area (Å²) in [5.41, 5.74) is 2.20. The SMILES string of the molecule is COC[C@@H]1C[C@@H](N2Cc3nc(-c4cccc(C#N)c4)sc3C2=O)CN1C#N. The fourth-order valence-electron chi connectivity index (χ4n) is 3.72. The number of hydrogen-bond acceptors (Lipinski definition) is 7. The molecule has 1 amide bonds. The molecule has 2 aromatic rings. The molecule has 1 aromatic carbocycles. The first-order valence-corrected chi connectivity index (χ1v) is 9.42. The van der Waals surface area contributed by atoms with Gasteiger partial charge in [-0.15, -0.1) is 11.3 Å². The van der Waals surface area contributed by atoms with Crippen LogP contribution in [0, 0.1) is 22.8 Å². The molecular weight excluding hydrogens is 362 g/mol. The van der Waals surface area contributed by atoms with Crippen molar-refractivity contribution in [1.29, 1.82) is 10.5 Å². The van der Waals surface area contributed by atoms with Gasteiger partial charge >= 0.3 is 0 Å². The number of nitriles is 2. The number of carbonyl (C=O) groups excluding carboxylic acids is 1. The van der Waals surface area contributed by atoms with E-state index in [-0.39, 0.29) is 18.0 Å². The standard InChI is InChI=1S/C19H17N5O2S/c1-26-10-15-6-14(8-23(15)11-21)24-9-16-17(19(24)25)27-18(22-16)13-4-2-3-12(5-13)7-20/h2-5,14-15H,6,8-10H2,1H3/t14-,15+/m1/s1. The number of amides is 1. The molecule has 1 fully saturated rings. The number of nitrogens with zero attached hydrogens (tertiary/aromatic N) is 5. The zero-order valence-electron chi connectivity index (χ0n) is 14.8. The van der Waals surface area contributed by atoms with Gasteiger partial charge in [0.1, 0.15) is 9.88 Å². The largest absolute Gasteiger partial charge is 0.383 e. The third-order valence-corrected chi connectivity index (χ3v) is 6.17. The lowest BCUT2D eigenvalue weighted by Crippen LogP contribution is -2.37. The molecular formula is C19H17N5O2S. The van der Waals surface area contributed by atoms with E-state index in [1.807, 2.05) is 17.0 Å². The highest BCUT2D eigenvalue weighted by Crippen LogP contribution is 2.36. The Bertz CT molecular complexity index is 973.